The maximum Gasteiger partial charge on any atom is 0.248 e. The Balaban J connectivity index is 1.76. The van der Waals surface area contributed by atoms with E-state index in [0.717, 1.165) is 45.9 Å². The number of aromatic amines is 1. The summed E-state index contributed by atoms with van der Waals surface area (Å²) in [6, 6.07) is 12.0. The van der Waals surface area contributed by atoms with Crippen LogP contribution in [-0.4, -0.2) is 63.9 Å². The standard InChI is InChI=1S/C26H31N3O5S/c1-17-12-26(31)27-23-9-7-18(13-21(17)23)14-25(30)22-15-20(35(32,33)28(2)3)8-10-24(22)29-11-5-6-19(29)16-34-4/h7-10,12-13,15,19H,5-6,11,14,16H2,1-4H3,(H,27,31). The van der Waals surface area contributed by atoms with Gasteiger partial charge in [-0.2, -0.15) is 0 Å². The third-order valence-corrected chi connectivity index (χ3v) is 8.38. The van der Waals surface area contributed by atoms with Crippen molar-refractivity contribution in [3.63, 3.8) is 0 Å². The van der Waals surface area contributed by atoms with Gasteiger partial charge in [0.1, 0.15) is 0 Å². The van der Waals surface area contributed by atoms with Crippen LogP contribution in [0.15, 0.2) is 52.2 Å². The number of pyridine rings is 1. The number of hydrogen-bond acceptors (Lipinski definition) is 6. The Morgan fingerprint density at radius 1 is 1.17 bits per heavy atom. The van der Waals surface area contributed by atoms with Crippen LogP contribution in [0.1, 0.15) is 34.3 Å². The van der Waals surface area contributed by atoms with E-state index in [1.807, 2.05) is 19.1 Å². The topological polar surface area (TPSA) is 99.8 Å². The molecule has 4 rings (SSSR count). The predicted octanol–water partition coefficient (Wildman–Crippen LogP) is 3.13. The zero-order chi connectivity index (χ0) is 25.3. The summed E-state index contributed by atoms with van der Waals surface area (Å²) in [6.07, 6.45) is 2.03. The van der Waals surface area contributed by atoms with Crippen molar-refractivity contribution in [3.05, 3.63) is 69.5 Å². The quantitative estimate of drug-likeness (QED) is 0.480. The van der Waals surface area contributed by atoms with Gasteiger partial charge in [0.2, 0.25) is 15.6 Å². The Kier molecular flexibility index (Phi) is 7.12. The molecule has 1 unspecified atom stereocenters. The second-order valence-electron chi connectivity index (χ2n) is 9.21. The first-order valence-corrected chi connectivity index (χ1v) is 13.0. The Morgan fingerprint density at radius 2 is 1.94 bits per heavy atom. The number of rotatable bonds is 8. The Labute approximate surface area is 205 Å². The summed E-state index contributed by atoms with van der Waals surface area (Å²) in [4.78, 5) is 30.5. The molecule has 1 aromatic heterocycles. The zero-order valence-corrected chi connectivity index (χ0v) is 21.3. The number of carbonyl (C=O) groups excluding carboxylic acids is 1. The maximum atomic E-state index is 13.7. The Morgan fingerprint density at radius 3 is 2.66 bits per heavy atom. The average Bonchev–Trinajstić information content (AvgIpc) is 3.27. The highest BCUT2D eigenvalue weighted by molar-refractivity contribution is 7.89. The lowest BCUT2D eigenvalue weighted by atomic mass is 9.98. The van der Waals surface area contributed by atoms with E-state index in [2.05, 4.69) is 9.88 Å². The molecule has 1 aliphatic rings. The SMILES string of the molecule is COCC1CCCN1c1ccc(S(=O)(=O)N(C)C)cc1C(=O)Cc1ccc2[nH]c(=O)cc(C)c2c1. The Bertz CT molecular complexity index is 1430. The monoisotopic (exact) mass is 497 g/mol. The predicted molar refractivity (Wildman–Crippen MR) is 137 cm³/mol. The zero-order valence-electron chi connectivity index (χ0n) is 20.5. The van der Waals surface area contributed by atoms with Crippen molar-refractivity contribution in [2.45, 2.75) is 37.1 Å². The maximum absolute atomic E-state index is 13.7. The number of nitrogens with zero attached hydrogens (tertiary/aromatic N) is 2. The molecule has 2 heterocycles. The highest BCUT2D eigenvalue weighted by Crippen LogP contribution is 2.32. The van der Waals surface area contributed by atoms with Crippen molar-refractivity contribution < 1.29 is 17.9 Å². The fourth-order valence-corrected chi connectivity index (χ4v) is 5.67. The number of fused-ring (bicyclic) bond motifs is 1. The van der Waals surface area contributed by atoms with Crippen LogP contribution in [0.25, 0.3) is 10.9 Å². The number of aryl methyl sites for hydroxylation is 1. The van der Waals surface area contributed by atoms with Crippen molar-refractivity contribution in [2.24, 2.45) is 0 Å². The van der Waals surface area contributed by atoms with Crippen molar-refractivity contribution in [3.8, 4) is 0 Å². The smallest absolute Gasteiger partial charge is 0.248 e. The summed E-state index contributed by atoms with van der Waals surface area (Å²) in [6.45, 7) is 3.17. The number of anilines is 1. The first-order chi connectivity index (χ1) is 16.6. The molecule has 1 atom stereocenters. The molecule has 1 N–H and O–H groups in total. The first-order valence-electron chi connectivity index (χ1n) is 11.6. The van der Waals surface area contributed by atoms with E-state index in [1.54, 1.807) is 25.3 Å². The Hall–Kier alpha value is -3.01. The number of methoxy groups -OCH3 is 1. The molecule has 3 aromatic rings. The number of ether oxygens (including phenoxy) is 1. The molecule has 0 radical (unpaired) electrons. The summed E-state index contributed by atoms with van der Waals surface area (Å²) in [5.74, 6) is -0.166. The minimum atomic E-state index is -3.70. The van der Waals surface area contributed by atoms with Gasteiger partial charge >= 0.3 is 0 Å². The van der Waals surface area contributed by atoms with Gasteiger partial charge in [-0.3, -0.25) is 9.59 Å². The average molecular weight is 498 g/mol. The van der Waals surface area contributed by atoms with E-state index in [1.165, 1.54) is 26.2 Å². The second kappa shape index (κ2) is 9.93. The lowest BCUT2D eigenvalue weighted by Gasteiger charge is -2.28. The van der Waals surface area contributed by atoms with Crippen molar-refractivity contribution >= 4 is 32.4 Å². The molecule has 1 fully saturated rings. The minimum absolute atomic E-state index is 0.0871. The summed E-state index contributed by atoms with van der Waals surface area (Å²) >= 11 is 0. The van der Waals surface area contributed by atoms with E-state index in [-0.39, 0.29) is 28.7 Å². The van der Waals surface area contributed by atoms with Crippen LogP contribution in [0.4, 0.5) is 5.69 Å². The van der Waals surface area contributed by atoms with Crippen molar-refractivity contribution in [1.82, 2.24) is 9.29 Å². The molecular formula is C26H31N3O5S. The first kappa shape index (κ1) is 25.1. The number of H-pyrrole nitrogens is 1. The molecule has 0 saturated carbocycles. The van der Waals surface area contributed by atoms with Gasteiger partial charge < -0.3 is 14.6 Å². The highest BCUT2D eigenvalue weighted by atomic mass is 32.2. The molecule has 8 nitrogen and oxygen atoms in total. The van der Waals surface area contributed by atoms with Crippen LogP contribution in [0.2, 0.25) is 0 Å². The molecular weight excluding hydrogens is 466 g/mol. The van der Waals surface area contributed by atoms with E-state index in [4.69, 9.17) is 4.74 Å². The molecule has 0 bridgehead atoms. The largest absolute Gasteiger partial charge is 0.383 e. The van der Waals surface area contributed by atoms with E-state index < -0.39 is 10.0 Å². The molecule has 0 amide bonds. The van der Waals surface area contributed by atoms with Crippen LogP contribution in [0.3, 0.4) is 0 Å². The number of aromatic nitrogens is 1. The van der Waals surface area contributed by atoms with E-state index >= 15 is 0 Å². The molecule has 0 spiro atoms. The summed E-state index contributed by atoms with van der Waals surface area (Å²) in [5.41, 5.74) is 3.28. The normalized spacial score (nSPS) is 16.4. The van der Waals surface area contributed by atoms with Gasteiger partial charge in [-0.15, -0.1) is 0 Å². The second-order valence-corrected chi connectivity index (χ2v) is 11.4. The molecule has 0 aliphatic carbocycles. The van der Waals surface area contributed by atoms with Gasteiger partial charge in [0.15, 0.2) is 5.78 Å². The summed E-state index contributed by atoms with van der Waals surface area (Å²) in [5, 5.41) is 0.874. The van der Waals surface area contributed by atoms with Crippen molar-refractivity contribution in [1.29, 1.82) is 0 Å². The van der Waals surface area contributed by atoms with Crippen LogP contribution in [0.5, 0.6) is 0 Å². The van der Waals surface area contributed by atoms with Gasteiger partial charge in [0.05, 0.1) is 17.5 Å². The lowest BCUT2D eigenvalue weighted by molar-refractivity contribution is 0.0993. The number of carbonyl (C=O) groups is 1. The molecule has 1 aliphatic heterocycles. The van der Waals surface area contributed by atoms with Gasteiger partial charge in [0, 0.05) is 62.4 Å². The van der Waals surface area contributed by atoms with Crippen LogP contribution in [0, 0.1) is 6.92 Å². The number of ketones is 1. The van der Waals surface area contributed by atoms with Gasteiger partial charge in [-0.25, -0.2) is 12.7 Å². The number of benzene rings is 2. The fraction of sp³-hybridized carbons (Fsp3) is 0.385. The fourth-order valence-electron chi connectivity index (χ4n) is 4.74. The molecule has 35 heavy (non-hydrogen) atoms. The number of Topliss-reactive ketones (excluding diaryl/α,β-unsaturated/α-hetero) is 1. The number of nitrogens with one attached hydrogen (secondary N) is 1. The summed E-state index contributed by atoms with van der Waals surface area (Å²) < 4.78 is 32.2. The third kappa shape index (κ3) is 5.03. The number of hydrogen-bond donors (Lipinski definition) is 1. The van der Waals surface area contributed by atoms with Gasteiger partial charge in [0.25, 0.3) is 0 Å². The molecule has 9 heteroatoms. The van der Waals surface area contributed by atoms with E-state index in [9.17, 15) is 18.0 Å². The molecule has 2 aromatic carbocycles. The summed E-state index contributed by atoms with van der Waals surface area (Å²) in [7, 11) is 0.900. The number of sulfonamides is 1. The lowest BCUT2D eigenvalue weighted by Crippen LogP contribution is -2.34. The van der Waals surface area contributed by atoms with Crippen molar-refractivity contribution in [2.75, 3.05) is 39.3 Å². The molecule has 1 saturated heterocycles. The third-order valence-electron chi connectivity index (χ3n) is 6.57. The minimum Gasteiger partial charge on any atom is -0.383 e. The van der Waals surface area contributed by atoms with Gasteiger partial charge in [-0.1, -0.05) is 6.07 Å². The molecule has 186 valence electrons. The van der Waals surface area contributed by atoms with E-state index in [0.29, 0.717) is 17.7 Å². The van der Waals surface area contributed by atoms with Crippen LogP contribution < -0.4 is 10.5 Å². The van der Waals surface area contributed by atoms with Crippen LogP contribution in [-0.2, 0) is 21.2 Å². The highest BCUT2D eigenvalue weighted by Gasteiger charge is 2.29. The van der Waals surface area contributed by atoms with Crippen LogP contribution >= 0.6 is 0 Å². The van der Waals surface area contributed by atoms with Gasteiger partial charge in [-0.05, 0) is 61.2 Å².